The largest absolute Gasteiger partial charge is 0.490 e. The summed E-state index contributed by atoms with van der Waals surface area (Å²) in [5, 5.41) is 13.9. The fourth-order valence-corrected chi connectivity index (χ4v) is 3.17. The number of ether oxygens (including phenoxy) is 2. The summed E-state index contributed by atoms with van der Waals surface area (Å²) in [7, 11) is 1.32. The third-order valence-electron chi connectivity index (χ3n) is 5.00. The molecule has 2 amide bonds. The second kappa shape index (κ2) is 11.8. The summed E-state index contributed by atoms with van der Waals surface area (Å²) in [6, 6.07) is 11.0. The van der Waals surface area contributed by atoms with Gasteiger partial charge in [-0.1, -0.05) is 43.7 Å². The van der Waals surface area contributed by atoms with Crippen molar-refractivity contribution in [2.45, 2.75) is 40.3 Å². The number of nitro groups is 1. The molecular weight excluding hydrogens is 426 g/mol. The summed E-state index contributed by atoms with van der Waals surface area (Å²) < 4.78 is 10.6. The molecule has 9 heteroatoms. The molecule has 0 aliphatic rings. The highest BCUT2D eigenvalue weighted by molar-refractivity contribution is 5.88. The number of aryl methyl sites for hydroxylation is 1. The van der Waals surface area contributed by atoms with E-state index in [1.54, 1.807) is 6.92 Å². The van der Waals surface area contributed by atoms with Crippen LogP contribution in [0.3, 0.4) is 0 Å². The summed E-state index contributed by atoms with van der Waals surface area (Å²) in [5.41, 5.74) is 1.74. The lowest BCUT2D eigenvalue weighted by Crippen LogP contribution is -2.49. The van der Waals surface area contributed by atoms with Gasteiger partial charge in [-0.3, -0.25) is 19.7 Å². The molecular formula is C24H31N3O6. The molecule has 0 aliphatic carbocycles. The topological polar surface area (TPSA) is 111 Å². The predicted octanol–water partition coefficient (Wildman–Crippen LogP) is 3.48. The maximum absolute atomic E-state index is 13.1. The normalized spacial score (nSPS) is 11.6. The lowest BCUT2D eigenvalue weighted by Gasteiger charge is -2.29. The van der Waals surface area contributed by atoms with Crippen LogP contribution in [0.15, 0.2) is 42.5 Å². The molecule has 9 nitrogen and oxygen atoms in total. The first-order valence-electron chi connectivity index (χ1n) is 10.7. The number of nitrogens with zero attached hydrogens (tertiary/aromatic N) is 2. The van der Waals surface area contributed by atoms with Crippen LogP contribution in [0.1, 0.15) is 31.9 Å². The Morgan fingerprint density at radius 2 is 1.88 bits per heavy atom. The first-order valence-corrected chi connectivity index (χ1v) is 10.7. The van der Waals surface area contributed by atoms with Crippen molar-refractivity contribution in [1.29, 1.82) is 0 Å². The van der Waals surface area contributed by atoms with Gasteiger partial charge in [-0.25, -0.2) is 0 Å². The lowest BCUT2D eigenvalue weighted by molar-refractivity contribution is -0.385. The van der Waals surface area contributed by atoms with Gasteiger partial charge < -0.3 is 19.7 Å². The average Bonchev–Trinajstić information content (AvgIpc) is 2.78. The molecule has 2 rings (SSSR count). The van der Waals surface area contributed by atoms with Crippen LogP contribution in [0, 0.1) is 23.0 Å². The van der Waals surface area contributed by atoms with Crippen LogP contribution in [-0.2, 0) is 16.1 Å². The second-order valence-electron chi connectivity index (χ2n) is 8.21. The number of amides is 2. The minimum Gasteiger partial charge on any atom is -0.490 e. The Labute approximate surface area is 193 Å². The fraction of sp³-hybridized carbons (Fsp3) is 0.417. The Morgan fingerprint density at radius 3 is 2.48 bits per heavy atom. The first-order chi connectivity index (χ1) is 15.6. The van der Waals surface area contributed by atoms with E-state index in [9.17, 15) is 19.7 Å². The summed E-state index contributed by atoms with van der Waals surface area (Å²) in [6.07, 6.45) is 0. The molecule has 0 saturated heterocycles. The molecule has 0 bridgehead atoms. The van der Waals surface area contributed by atoms with Crippen molar-refractivity contribution in [3.05, 3.63) is 63.7 Å². The van der Waals surface area contributed by atoms with E-state index in [0.717, 1.165) is 11.1 Å². The molecule has 2 aromatic rings. The standard InChI is InChI=1S/C24H31N3O6/c1-16(2)13-25-24(29)18(4)26(14-19-8-6-7-17(3)11-19)23(28)15-33-20-9-10-21(27(30)31)22(12-20)32-5/h6-12,16,18H,13-15H2,1-5H3,(H,25,29). The molecule has 0 fully saturated rings. The molecule has 1 unspecified atom stereocenters. The quantitative estimate of drug-likeness (QED) is 0.409. The van der Waals surface area contributed by atoms with E-state index >= 15 is 0 Å². The number of hydrogen-bond donors (Lipinski definition) is 1. The van der Waals surface area contributed by atoms with E-state index in [-0.39, 0.29) is 48.1 Å². The number of benzene rings is 2. The van der Waals surface area contributed by atoms with Crippen molar-refractivity contribution >= 4 is 17.5 Å². The maximum atomic E-state index is 13.1. The van der Waals surface area contributed by atoms with Crippen molar-refractivity contribution in [2.24, 2.45) is 5.92 Å². The Hall–Kier alpha value is -3.62. The third kappa shape index (κ3) is 7.48. The molecule has 0 heterocycles. The first kappa shape index (κ1) is 25.6. The second-order valence-corrected chi connectivity index (χ2v) is 8.21. The van der Waals surface area contributed by atoms with Crippen LogP contribution < -0.4 is 14.8 Å². The maximum Gasteiger partial charge on any atom is 0.311 e. The minimum absolute atomic E-state index is 0.0306. The molecule has 1 N–H and O–H groups in total. The van der Waals surface area contributed by atoms with Crippen molar-refractivity contribution < 1.29 is 24.0 Å². The highest BCUT2D eigenvalue weighted by Crippen LogP contribution is 2.30. The van der Waals surface area contributed by atoms with Crippen LogP contribution >= 0.6 is 0 Å². The lowest BCUT2D eigenvalue weighted by atomic mass is 10.1. The van der Waals surface area contributed by atoms with Crippen LogP contribution in [0.5, 0.6) is 11.5 Å². The van der Waals surface area contributed by atoms with Gasteiger partial charge in [0.15, 0.2) is 6.61 Å². The molecule has 0 radical (unpaired) electrons. The number of nitro benzene ring substituents is 1. The van der Waals surface area contributed by atoms with E-state index in [4.69, 9.17) is 9.47 Å². The molecule has 178 valence electrons. The zero-order chi connectivity index (χ0) is 24.5. The molecule has 0 saturated carbocycles. The minimum atomic E-state index is -0.716. The van der Waals surface area contributed by atoms with Crippen molar-refractivity contribution in [3.8, 4) is 11.5 Å². The zero-order valence-electron chi connectivity index (χ0n) is 19.7. The van der Waals surface area contributed by atoms with E-state index in [1.807, 2.05) is 45.0 Å². The number of nitrogens with one attached hydrogen (secondary N) is 1. The number of hydrogen-bond acceptors (Lipinski definition) is 6. The molecule has 0 aliphatic heterocycles. The molecule has 1 atom stereocenters. The predicted molar refractivity (Wildman–Crippen MR) is 124 cm³/mol. The van der Waals surface area contributed by atoms with Crippen LogP contribution in [0.2, 0.25) is 0 Å². The van der Waals surface area contributed by atoms with Crippen LogP contribution in [-0.4, -0.2) is 47.9 Å². The zero-order valence-corrected chi connectivity index (χ0v) is 19.7. The van der Waals surface area contributed by atoms with Gasteiger partial charge in [0.05, 0.1) is 12.0 Å². The Balaban J connectivity index is 2.18. The Bertz CT molecular complexity index is 992. The van der Waals surface area contributed by atoms with Crippen LogP contribution in [0.25, 0.3) is 0 Å². The van der Waals surface area contributed by atoms with Gasteiger partial charge in [-0.15, -0.1) is 0 Å². The third-order valence-corrected chi connectivity index (χ3v) is 5.00. The number of carbonyl (C=O) groups excluding carboxylic acids is 2. The van der Waals surface area contributed by atoms with Gasteiger partial charge in [0.2, 0.25) is 11.7 Å². The fourth-order valence-electron chi connectivity index (χ4n) is 3.17. The number of carbonyl (C=O) groups is 2. The van der Waals surface area contributed by atoms with Gasteiger partial charge in [0.1, 0.15) is 11.8 Å². The van der Waals surface area contributed by atoms with Crippen LogP contribution in [0.4, 0.5) is 5.69 Å². The van der Waals surface area contributed by atoms with Gasteiger partial charge in [-0.2, -0.15) is 0 Å². The Kier molecular flexibility index (Phi) is 9.20. The van der Waals surface area contributed by atoms with E-state index in [0.29, 0.717) is 6.54 Å². The molecule has 2 aromatic carbocycles. The highest BCUT2D eigenvalue weighted by Gasteiger charge is 2.27. The summed E-state index contributed by atoms with van der Waals surface area (Å²) in [5.74, 6) is -0.0773. The highest BCUT2D eigenvalue weighted by atomic mass is 16.6. The monoisotopic (exact) mass is 457 g/mol. The van der Waals surface area contributed by atoms with Gasteiger partial charge >= 0.3 is 5.69 Å². The average molecular weight is 458 g/mol. The smallest absolute Gasteiger partial charge is 0.311 e. The van der Waals surface area contributed by atoms with E-state index in [1.165, 1.54) is 30.2 Å². The summed E-state index contributed by atoms with van der Waals surface area (Å²) in [6.45, 7) is 8.03. The number of rotatable bonds is 11. The van der Waals surface area contributed by atoms with Gasteiger partial charge in [0.25, 0.3) is 5.91 Å². The molecule has 33 heavy (non-hydrogen) atoms. The summed E-state index contributed by atoms with van der Waals surface area (Å²) in [4.78, 5) is 37.8. The van der Waals surface area contributed by atoms with E-state index < -0.39 is 11.0 Å². The molecule has 0 aromatic heterocycles. The van der Waals surface area contributed by atoms with Gasteiger partial charge in [0, 0.05) is 25.2 Å². The van der Waals surface area contributed by atoms with Gasteiger partial charge in [-0.05, 0) is 31.4 Å². The SMILES string of the molecule is COc1cc(OCC(=O)N(Cc2cccc(C)c2)C(C)C(=O)NCC(C)C)ccc1[N+](=O)[O-]. The summed E-state index contributed by atoms with van der Waals surface area (Å²) >= 11 is 0. The molecule has 0 spiro atoms. The van der Waals surface area contributed by atoms with E-state index in [2.05, 4.69) is 5.32 Å². The van der Waals surface area contributed by atoms with Crippen molar-refractivity contribution in [1.82, 2.24) is 10.2 Å². The number of methoxy groups -OCH3 is 1. The van der Waals surface area contributed by atoms with Crippen molar-refractivity contribution in [3.63, 3.8) is 0 Å². The van der Waals surface area contributed by atoms with Crippen molar-refractivity contribution in [2.75, 3.05) is 20.3 Å². The Morgan fingerprint density at radius 1 is 1.15 bits per heavy atom.